The first-order valence-corrected chi connectivity index (χ1v) is 7.77. The van der Waals surface area contributed by atoms with E-state index in [9.17, 15) is 14.4 Å². The van der Waals surface area contributed by atoms with E-state index in [0.29, 0.717) is 6.42 Å². The van der Waals surface area contributed by atoms with E-state index in [1.165, 1.54) is 0 Å². The van der Waals surface area contributed by atoms with Crippen LogP contribution in [0.15, 0.2) is 0 Å². The summed E-state index contributed by atoms with van der Waals surface area (Å²) in [5, 5.41) is 0. The smallest absolute Gasteiger partial charge is 0.348 e. The van der Waals surface area contributed by atoms with Gasteiger partial charge in [0.1, 0.15) is 0 Å². The zero-order valence-electron chi connectivity index (χ0n) is 14.2. The van der Waals surface area contributed by atoms with Crippen LogP contribution in [0.3, 0.4) is 0 Å². The lowest BCUT2D eigenvalue weighted by molar-refractivity contribution is -0.172. The Hall–Kier alpha value is -1.59. The van der Waals surface area contributed by atoms with Crippen molar-refractivity contribution in [3.05, 3.63) is 0 Å². The average Bonchev–Trinajstić information content (AvgIpc) is 2.42. The summed E-state index contributed by atoms with van der Waals surface area (Å²) in [5.41, 5.74) is 0. The molecule has 0 bridgehead atoms. The second-order valence-electron chi connectivity index (χ2n) is 6.03. The van der Waals surface area contributed by atoms with Gasteiger partial charge in [-0.15, -0.1) is 0 Å². The van der Waals surface area contributed by atoms with Crippen LogP contribution >= 0.6 is 0 Å². The van der Waals surface area contributed by atoms with Gasteiger partial charge in [-0.3, -0.25) is 9.59 Å². The number of ether oxygens (including phenoxy) is 3. The van der Waals surface area contributed by atoms with Gasteiger partial charge in [0, 0.05) is 6.42 Å². The molecule has 0 fully saturated rings. The molecular formula is C16H28O6. The van der Waals surface area contributed by atoms with E-state index >= 15 is 0 Å². The largest absolute Gasteiger partial charge is 0.465 e. The molecule has 0 N–H and O–H groups in total. The molecule has 0 aromatic heterocycles. The second-order valence-corrected chi connectivity index (χ2v) is 6.03. The van der Waals surface area contributed by atoms with E-state index in [-0.39, 0.29) is 37.9 Å². The molecule has 0 spiro atoms. The lowest BCUT2D eigenvalue weighted by Crippen LogP contribution is -2.33. The number of carbonyl (C=O) groups excluding carboxylic acids is 3. The molecule has 1 atom stereocenters. The quantitative estimate of drug-likeness (QED) is 0.455. The van der Waals surface area contributed by atoms with Crippen LogP contribution < -0.4 is 0 Å². The van der Waals surface area contributed by atoms with E-state index in [1.54, 1.807) is 0 Å². The predicted molar refractivity (Wildman–Crippen MR) is 81.0 cm³/mol. The second kappa shape index (κ2) is 11.0. The van der Waals surface area contributed by atoms with Crippen molar-refractivity contribution in [3.63, 3.8) is 0 Å². The average molecular weight is 316 g/mol. The molecule has 6 heteroatoms. The molecule has 128 valence electrons. The standard InChI is InChI=1S/C16H28O6/c1-6-7-14(17)22-13(16(19)21-10-12(4)5)8-15(18)20-9-11(2)3/h11-13H,6-10H2,1-5H3/t13-/m1/s1. The first kappa shape index (κ1) is 20.4. The lowest BCUT2D eigenvalue weighted by atomic mass is 10.2. The molecule has 0 aliphatic heterocycles. The van der Waals surface area contributed by atoms with Crippen LogP contribution in [0.4, 0.5) is 0 Å². The van der Waals surface area contributed by atoms with Crippen LogP contribution in [0, 0.1) is 11.8 Å². The minimum atomic E-state index is -1.24. The molecule has 0 aromatic rings. The van der Waals surface area contributed by atoms with Crippen molar-refractivity contribution in [2.45, 2.75) is 60.0 Å². The molecule has 6 nitrogen and oxygen atoms in total. The molecule has 0 saturated carbocycles. The van der Waals surface area contributed by atoms with Gasteiger partial charge in [-0.25, -0.2) is 4.79 Å². The summed E-state index contributed by atoms with van der Waals surface area (Å²) in [7, 11) is 0. The number of hydrogen-bond donors (Lipinski definition) is 0. The third-order valence-electron chi connectivity index (χ3n) is 2.48. The van der Waals surface area contributed by atoms with Crippen LogP contribution in [0.25, 0.3) is 0 Å². The maximum Gasteiger partial charge on any atom is 0.348 e. The SMILES string of the molecule is CCCC(=O)O[C@H](CC(=O)OCC(C)C)C(=O)OCC(C)C. The van der Waals surface area contributed by atoms with Gasteiger partial charge >= 0.3 is 17.9 Å². The van der Waals surface area contributed by atoms with Gasteiger partial charge in [0.25, 0.3) is 0 Å². The Balaban J connectivity index is 4.59. The normalized spacial score (nSPS) is 12.1. The van der Waals surface area contributed by atoms with Gasteiger partial charge in [-0.05, 0) is 18.3 Å². The summed E-state index contributed by atoms with van der Waals surface area (Å²) >= 11 is 0. The van der Waals surface area contributed by atoms with E-state index in [2.05, 4.69) is 0 Å². The van der Waals surface area contributed by atoms with Crippen molar-refractivity contribution in [3.8, 4) is 0 Å². The highest BCUT2D eigenvalue weighted by Crippen LogP contribution is 2.08. The molecule has 0 saturated heterocycles. The van der Waals surface area contributed by atoms with Crippen molar-refractivity contribution in [1.29, 1.82) is 0 Å². The summed E-state index contributed by atoms with van der Waals surface area (Å²) in [6.07, 6.45) is -0.768. The van der Waals surface area contributed by atoms with Gasteiger partial charge in [0.2, 0.25) is 6.10 Å². The Bertz CT molecular complexity index is 362. The first-order valence-electron chi connectivity index (χ1n) is 7.77. The van der Waals surface area contributed by atoms with Gasteiger partial charge < -0.3 is 14.2 Å². The summed E-state index contributed by atoms with van der Waals surface area (Å²) in [5.74, 6) is -1.46. The fourth-order valence-corrected chi connectivity index (χ4v) is 1.41. The minimum Gasteiger partial charge on any atom is -0.465 e. The predicted octanol–water partition coefficient (Wildman–Crippen LogP) is 2.49. The molecule has 0 unspecified atom stereocenters. The lowest BCUT2D eigenvalue weighted by Gasteiger charge is -2.17. The fraction of sp³-hybridized carbons (Fsp3) is 0.812. The van der Waals surface area contributed by atoms with E-state index in [0.717, 1.165) is 0 Å². The summed E-state index contributed by atoms with van der Waals surface area (Å²) < 4.78 is 15.1. The highest BCUT2D eigenvalue weighted by Gasteiger charge is 2.28. The van der Waals surface area contributed by atoms with Crippen molar-refractivity contribution in [2.24, 2.45) is 11.8 Å². The monoisotopic (exact) mass is 316 g/mol. The van der Waals surface area contributed by atoms with Gasteiger partial charge in [0.15, 0.2) is 0 Å². The van der Waals surface area contributed by atoms with Crippen molar-refractivity contribution in [1.82, 2.24) is 0 Å². The van der Waals surface area contributed by atoms with Crippen LogP contribution in [0.5, 0.6) is 0 Å². The maximum atomic E-state index is 12.0. The van der Waals surface area contributed by atoms with Crippen LogP contribution in [0.1, 0.15) is 53.9 Å². The summed E-state index contributed by atoms with van der Waals surface area (Å²) in [6.45, 7) is 9.89. The molecule has 0 heterocycles. The topological polar surface area (TPSA) is 78.9 Å². The number of carbonyl (C=O) groups is 3. The summed E-state index contributed by atoms with van der Waals surface area (Å²) in [4.78, 5) is 35.2. The van der Waals surface area contributed by atoms with Gasteiger partial charge in [-0.1, -0.05) is 34.6 Å². The fourth-order valence-electron chi connectivity index (χ4n) is 1.41. The third-order valence-corrected chi connectivity index (χ3v) is 2.48. The van der Waals surface area contributed by atoms with E-state index in [1.807, 2.05) is 34.6 Å². The van der Waals surface area contributed by atoms with Crippen LogP contribution in [0.2, 0.25) is 0 Å². The Morgan fingerprint density at radius 2 is 1.41 bits per heavy atom. The van der Waals surface area contributed by atoms with E-state index in [4.69, 9.17) is 14.2 Å². The van der Waals surface area contributed by atoms with Crippen LogP contribution in [-0.4, -0.2) is 37.2 Å². The molecule has 0 rings (SSSR count). The highest BCUT2D eigenvalue weighted by atomic mass is 16.6. The molecular weight excluding hydrogens is 288 g/mol. The molecule has 22 heavy (non-hydrogen) atoms. The zero-order valence-corrected chi connectivity index (χ0v) is 14.2. The molecule has 0 aliphatic carbocycles. The molecule has 0 aliphatic rings. The van der Waals surface area contributed by atoms with Gasteiger partial charge in [0.05, 0.1) is 19.6 Å². The maximum absolute atomic E-state index is 12.0. The van der Waals surface area contributed by atoms with Crippen LogP contribution in [-0.2, 0) is 28.6 Å². The molecule has 0 amide bonds. The number of esters is 3. The number of hydrogen-bond acceptors (Lipinski definition) is 6. The number of rotatable bonds is 10. The Labute approximate surface area is 132 Å². The van der Waals surface area contributed by atoms with Gasteiger partial charge in [-0.2, -0.15) is 0 Å². The first-order chi connectivity index (χ1) is 10.3. The van der Waals surface area contributed by atoms with E-state index < -0.39 is 24.0 Å². The molecule has 0 radical (unpaired) electrons. The molecule has 0 aromatic carbocycles. The van der Waals surface area contributed by atoms with Crippen molar-refractivity contribution >= 4 is 17.9 Å². The zero-order chi connectivity index (χ0) is 17.1. The van der Waals surface area contributed by atoms with Crippen molar-refractivity contribution in [2.75, 3.05) is 13.2 Å². The highest BCUT2D eigenvalue weighted by molar-refractivity contribution is 5.84. The Morgan fingerprint density at radius 3 is 1.91 bits per heavy atom. The summed E-state index contributed by atoms with van der Waals surface area (Å²) in [6, 6.07) is 0. The third kappa shape index (κ3) is 10.2. The Kier molecular flexibility index (Phi) is 10.2. The Morgan fingerprint density at radius 1 is 0.864 bits per heavy atom. The minimum absolute atomic E-state index is 0.156. The van der Waals surface area contributed by atoms with Crippen molar-refractivity contribution < 1.29 is 28.6 Å².